The number of likely N-dealkylation sites (tertiary alicyclic amines) is 1. The molecule has 2 aliphatic heterocycles. The molecule has 0 aromatic carbocycles. The van der Waals surface area contributed by atoms with Crippen LogP contribution < -0.4 is 16.0 Å². The Balaban J connectivity index is 1.29. The summed E-state index contributed by atoms with van der Waals surface area (Å²) in [5.74, 6) is -0.410. The lowest BCUT2D eigenvalue weighted by molar-refractivity contribution is -0.117. The second kappa shape index (κ2) is 9.90. The summed E-state index contributed by atoms with van der Waals surface area (Å²) in [5.41, 5.74) is 4.69. The van der Waals surface area contributed by atoms with Crippen molar-refractivity contribution in [2.45, 2.75) is 39.7 Å². The van der Waals surface area contributed by atoms with Gasteiger partial charge in [0.05, 0.1) is 33.9 Å². The lowest BCUT2D eigenvalue weighted by Gasteiger charge is -2.23. The van der Waals surface area contributed by atoms with E-state index >= 15 is 0 Å². The maximum atomic E-state index is 13.2. The molecule has 36 heavy (non-hydrogen) atoms. The van der Waals surface area contributed by atoms with Crippen LogP contribution in [0.25, 0.3) is 15.3 Å². The molecule has 1 unspecified atom stereocenters. The number of aromatic nitrogens is 4. The van der Waals surface area contributed by atoms with Crippen LogP contribution in [0, 0.1) is 13.8 Å². The normalized spacial score (nSPS) is 18.2. The van der Waals surface area contributed by atoms with Gasteiger partial charge in [0.15, 0.2) is 0 Å². The maximum Gasteiger partial charge on any atom is 0.260 e. The van der Waals surface area contributed by atoms with Gasteiger partial charge in [0.2, 0.25) is 0 Å². The zero-order chi connectivity index (χ0) is 25.4. The number of carbonyl (C=O) groups excluding carboxylic acids is 2. The van der Waals surface area contributed by atoms with Crippen molar-refractivity contribution in [3.8, 4) is 10.4 Å². The molecule has 190 valence electrons. The van der Waals surface area contributed by atoms with Crippen LogP contribution in [0.1, 0.15) is 41.5 Å². The number of nitrogens with zero attached hydrogens (tertiary/aromatic N) is 5. The SMILES string of the molecule is Cc1nn(C)c(C)c1-c1cn2ncc(C(=O)NC3=CC(C(=O)NCCN4CCCC4)=CNC3C)c2s1. The molecule has 0 radical (unpaired) electrons. The van der Waals surface area contributed by atoms with Gasteiger partial charge < -0.3 is 20.9 Å². The lowest BCUT2D eigenvalue weighted by Crippen LogP contribution is -2.39. The minimum atomic E-state index is -0.256. The topological polar surface area (TPSA) is 109 Å². The van der Waals surface area contributed by atoms with Crippen LogP contribution in [-0.2, 0) is 11.8 Å². The van der Waals surface area contributed by atoms with E-state index in [0.717, 1.165) is 46.3 Å². The van der Waals surface area contributed by atoms with Crippen molar-refractivity contribution in [2.75, 3.05) is 26.2 Å². The monoisotopic (exact) mass is 508 g/mol. The first-order valence-corrected chi connectivity index (χ1v) is 13.1. The molecule has 0 aliphatic carbocycles. The summed E-state index contributed by atoms with van der Waals surface area (Å²) >= 11 is 1.51. The van der Waals surface area contributed by atoms with Gasteiger partial charge in [0.1, 0.15) is 4.83 Å². The van der Waals surface area contributed by atoms with Gasteiger partial charge in [-0.25, -0.2) is 4.52 Å². The molecular formula is C25H32N8O2S. The van der Waals surface area contributed by atoms with Crippen molar-refractivity contribution in [1.82, 2.24) is 40.2 Å². The van der Waals surface area contributed by atoms with E-state index in [0.29, 0.717) is 23.4 Å². The average Bonchev–Trinajstić information content (AvgIpc) is 3.61. The fraction of sp³-hybridized carbons (Fsp3) is 0.440. The van der Waals surface area contributed by atoms with Gasteiger partial charge in [0, 0.05) is 49.5 Å². The number of carbonyl (C=O) groups is 2. The predicted octanol–water partition coefficient (Wildman–Crippen LogP) is 2.11. The smallest absolute Gasteiger partial charge is 0.260 e. The highest BCUT2D eigenvalue weighted by molar-refractivity contribution is 7.21. The summed E-state index contributed by atoms with van der Waals surface area (Å²) in [4.78, 5) is 30.1. The van der Waals surface area contributed by atoms with Crippen LogP contribution in [-0.4, -0.2) is 68.3 Å². The van der Waals surface area contributed by atoms with E-state index in [9.17, 15) is 9.59 Å². The Morgan fingerprint density at radius 2 is 2.00 bits per heavy atom. The molecule has 0 saturated carbocycles. The van der Waals surface area contributed by atoms with E-state index in [2.05, 4.69) is 31.0 Å². The highest BCUT2D eigenvalue weighted by atomic mass is 32.1. The number of fused-ring (bicyclic) bond motifs is 1. The number of dihydropyridines is 1. The fourth-order valence-electron chi connectivity index (χ4n) is 4.74. The third-order valence-corrected chi connectivity index (χ3v) is 8.02. The van der Waals surface area contributed by atoms with Gasteiger partial charge in [0.25, 0.3) is 11.8 Å². The van der Waals surface area contributed by atoms with E-state index in [4.69, 9.17) is 0 Å². The Kier molecular flexibility index (Phi) is 6.67. The Morgan fingerprint density at radius 1 is 1.22 bits per heavy atom. The second-order valence-corrected chi connectivity index (χ2v) is 10.4. The maximum absolute atomic E-state index is 13.2. The van der Waals surface area contributed by atoms with Crippen LogP contribution >= 0.6 is 11.3 Å². The Bertz CT molecular complexity index is 1370. The fourth-order valence-corrected chi connectivity index (χ4v) is 5.94. The molecule has 3 aromatic heterocycles. The van der Waals surface area contributed by atoms with Crippen LogP contribution in [0.5, 0.6) is 0 Å². The number of nitrogens with one attached hydrogen (secondary N) is 3. The Morgan fingerprint density at radius 3 is 2.72 bits per heavy atom. The third-order valence-electron chi connectivity index (χ3n) is 6.89. The van der Waals surface area contributed by atoms with Crippen LogP contribution in [0.15, 0.2) is 35.9 Å². The molecule has 1 atom stereocenters. The van der Waals surface area contributed by atoms with E-state index in [1.165, 1.54) is 24.2 Å². The number of aryl methyl sites for hydroxylation is 2. The van der Waals surface area contributed by atoms with Gasteiger partial charge >= 0.3 is 0 Å². The number of hydrogen-bond donors (Lipinski definition) is 3. The zero-order valence-electron chi connectivity index (χ0n) is 21.1. The third kappa shape index (κ3) is 4.68. The number of amides is 2. The Labute approximate surface area is 214 Å². The van der Waals surface area contributed by atoms with E-state index in [-0.39, 0.29) is 17.9 Å². The number of hydrogen-bond acceptors (Lipinski definition) is 7. The minimum Gasteiger partial charge on any atom is -0.382 e. The molecule has 3 N–H and O–H groups in total. The van der Waals surface area contributed by atoms with Crippen molar-refractivity contribution < 1.29 is 9.59 Å². The molecule has 11 heteroatoms. The minimum absolute atomic E-state index is 0.138. The van der Waals surface area contributed by atoms with Gasteiger partial charge in [-0.2, -0.15) is 10.2 Å². The van der Waals surface area contributed by atoms with Crippen molar-refractivity contribution in [3.63, 3.8) is 0 Å². The van der Waals surface area contributed by atoms with Gasteiger partial charge in [-0.1, -0.05) is 0 Å². The number of thiazole rings is 1. The number of rotatable bonds is 7. The molecular weight excluding hydrogens is 476 g/mol. The molecule has 0 spiro atoms. The van der Waals surface area contributed by atoms with Gasteiger partial charge in [-0.05, 0) is 52.8 Å². The summed E-state index contributed by atoms with van der Waals surface area (Å²) in [6, 6.07) is -0.138. The molecule has 5 heterocycles. The summed E-state index contributed by atoms with van der Waals surface area (Å²) in [7, 11) is 1.92. The Hall–Kier alpha value is -3.44. The van der Waals surface area contributed by atoms with Gasteiger partial charge in [-0.15, -0.1) is 11.3 Å². The molecule has 1 fully saturated rings. The average molecular weight is 509 g/mol. The van der Waals surface area contributed by atoms with Crippen molar-refractivity contribution in [3.05, 3.63) is 52.9 Å². The predicted molar refractivity (Wildman–Crippen MR) is 140 cm³/mol. The summed E-state index contributed by atoms with van der Waals surface area (Å²) in [6.45, 7) is 9.61. The summed E-state index contributed by atoms with van der Waals surface area (Å²) in [5, 5.41) is 18.1. The van der Waals surface area contributed by atoms with Crippen molar-refractivity contribution >= 4 is 28.0 Å². The van der Waals surface area contributed by atoms with Crippen LogP contribution in [0.2, 0.25) is 0 Å². The van der Waals surface area contributed by atoms with E-state index in [1.807, 2.05) is 38.7 Å². The molecule has 3 aromatic rings. The molecule has 10 nitrogen and oxygen atoms in total. The van der Waals surface area contributed by atoms with Crippen molar-refractivity contribution in [2.24, 2.45) is 7.05 Å². The van der Waals surface area contributed by atoms with Crippen LogP contribution in [0.3, 0.4) is 0 Å². The first-order chi connectivity index (χ1) is 17.3. The van der Waals surface area contributed by atoms with Crippen molar-refractivity contribution in [1.29, 1.82) is 0 Å². The molecule has 5 rings (SSSR count). The van der Waals surface area contributed by atoms with E-state index < -0.39 is 0 Å². The first-order valence-electron chi connectivity index (χ1n) is 12.3. The molecule has 2 amide bonds. The largest absolute Gasteiger partial charge is 0.382 e. The molecule has 1 saturated heterocycles. The van der Waals surface area contributed by atoms with E-state index in [1.54, 1.807) is 23.0 Å². The zero-order valence-corrected chi connectivity index (χ0v) is 21.9. The van der Waals surface area contributed by atoms with Gasteiger partial charge in [-0.3, -0.25) is 14.3 Å². The second-order valence-electron chi connectivity index (χ2n) is 9.42. The first kappa shape index (κ1) is 24.3. The highest BCUT2D eigenvalue weighted by Gasteiger charge is 2.23. The standard InChI is InChI=1S/C25H32N8O2S/c1-15-20(11-18(12-27-15)23(34)26-7-10-32-8-5-6-9-32)29-24(35)19-13-28-33-14-21(36-25(19)33)22-16(2)30-31(4)17(22)3/h11-15,27H,5-10H2,1-4H3,(H,26,34)(H,29,35). The lowest BCUT2D eigenvalue weighted by atomic mass is 10.1. The quantitative estimate of drug-likeness (QED) is 0.451. The molecule has 2 aliphatic rings. The molecule has 0 bridgehead atoms. The summed E-state index contributed by atoms with van der Waals surface area (Å²) < 4.78 is 3.59. The van der Waals surface area contributed by atoms with Crippen LogP contribution in [0.4, 0.5) is 0 Å². The summed E-state index contributed by atoms with van der Waals surface area (Å²) in [6.07, 6.45) is 9.42. The highest BCUT2D eigenvalue weighted by Crippen LogP contribution is 2.34.